The van der Waals surface area contributed by atoms with Crippen LogP contribution in [0.5, 0.6) is 5.75 Å². The van der Waals surface area contributed by atoms with E-state index in [1.54, 1.807) is 0 Å². The zero-order valence-corrected chi connectivity index (χ0v) is 11.4. The molecule has 3 aromatic rings. The normalized spacial score (nSPS) is 13.3. The molecule has 0 fully saturated rings. The molecule has 114 valence electrons. The van der Waals surface area contributed by atoms with E-state index in [4.69, 9.17) is 5.73 Å². The molecule has 0 unspecified atom stereocenters. The maximum atomic E-state index is 12.1. The van der Waals surface area contributed by atoms with E-state index in [1.165, 1.54) is 24.3 Å². The molecule has 0 aliphatic carbocycles. The summed E-state index contributed by atoms with van der Waals surface area (Å²) >= 11 is 0. The average molecular weight is 306 g/mol. The van der Waals surface area contributed by atoms with Crippen LogP contribution >= 0.6 is 0 Å². The fourth-order valence-electron chi connectivity index (χ4n) is 2.33. The molecule has 2 aromatic carbocycles. The van der Waals surface area contributed by atoms with Crippen molar-refractivity contribution >= 4 is 10.9 Å². The third kappa shape index (κ3) is 3.07. The highest BCUT2D eigenvalue weighted by Gasteiger charge is 2.31. The molecule has 0 amide bonds. The van der Waals surface area contributed by atoms with Crippen molar-refractivity contribution in [1.82, 2.24) is 4.98 Å². The number of aromatic nitrogens is 1. The van der Waals surface area contributed by atoms with Gasteiger partial charge in [0.15, 0.2) is 0 Å². The van der Waals surface area contributed by atoms with Crippen LogP contribution in [-0.4, -0.2) is 11.3 Å². The van der Waals surface area contributed by atoms with Gasteiger partial charge in [0.25, 0.3) is 0 Å². The molecule has 0 aliphatic rings. The number of hydrogen-bond donors (Lipinski definition) is 2. The summed E-state index contributed by atoms with van der Waals surface area (Å²) in [5.74, 6) is -0.261. The Hall–Kier alpha value is -2.47. The number of nitrogens with two attached hydrogens (primary N) is 1. The SMILES string of the molecule is N[C@@H](c1ccc(OC(F)(F)F)cc1)c1ccc2cc[nH]c2c1. The molecule has 0 saturated heterocycles. The van der Waals surface area contributed by atoms with Crippen LogP contribution in [0, 0.1) is 0 Å². The Bertz CT molecular complexity index is 778. The highest BCUT2D eigenvalue weighted by atomic mass is 19.4. The molecule has 0 spiro atoms. The molecule has 1 atom stereocenters. The Morgan fingerprint density at radius 3 is 2.32 bits per heavy atom. The fourth-order valence-corrected chi connectivity index (χ4v) is 2.33. The van der Waals surface area contributed by atoms with Gasteiger partial charge in [-0.15, -0.1) is 13.2 Å². The summed E-state index contributed by atoms with van der Waals surface area (Å²) in [5.41, 5.74) is 8.72. The molecule has 3 N–H and O–H groups in total. The number of H-pyrrole nitrogens is 1. The van der Waals surface area contributed by atoms with Gasteiger partial charge < -0.3 is 15.5 Å². The second-order valence-electron chi connectivity index (χ2n) is 4.92. The average Bonchev–Trinajstić information content (AvgIpc) is 2.93. The quantitative estimate of drug-likeness (QED) is 0.765. The number of halogens is 3. The number of hydrogen-bond acceptors (Lipinski definition) is 2. The van der Waals surface area contributed by atoms with E-state index in [0.29, 0.717) is 5.56 Å². The molecule has 0 bridgehead atoms. The van der Waals surface area contributed by atoms with E-state index in [1.807, 2.05) is 30.5 Å². The number of ether oxygens (including phenoxy) is 1. The minimum atomic E-state index is -4.69. The highest BCUT2D eigenvalue weighted by molar-refractivity contribution is 5.80. The summed E-state index contributed by atoms with van der Waals surface area (Å²) in [5, 5.41) is 1.07. The Labute approximate surface area is 124 Å². The van der Waals surface area contributed by atoms with Gasteiger partial charge in [-0.25, -0.2) is 0 Å². The lowest BCUT2D eigenvalue weighted by Crippen LogP contribution is -2.17. The van der Waals surface area contributed by atoms with E-state index < -0.39 is 12.4 Å². The monoisotopic (exact) mass is 306 g/mol. The van der Waals surface area contributed by atoms with Crippen LogP contribution in [0.3, 0.4) is 0 Å². The summed E-state index contributed by atoms with van der Waals surface area (Å²) < 4.78 is 40.2. The summed E-state index contributed by atoms with van der Waals surface area (Å²) in [7, 11) is 0. The number of benzene rings is 2. The molecule has 6 heteroatoms. The van der Waals surface area contributed by atoms with Gasteiger partial charge in [-0.1, -0.05) is 24.3 Å². The van der Waals surface area contributed by atoms with E-state index in [-0.39, 0.29) is 5.75 Å². The van der Waals surface area contributed by atoms with Crippen LogP contribution < -0.4 is 10.5 Å². The van der Waals surface area contributed by atoms with Gasteiger partial charge in [0, 0.05) is 11.7 Å². The molecule has 22 heavy (non-hydrogen) atoms. The molecule has 0 aliphatic heterocycles. The second-order valence-corrected chi connectivity index (χ2v) is 4.92. The van der Waals surface area contributed by atoms with Gasteiger partial charge in [0.05, 0.1) is 6.04 Å². The van der Waals surface area contributed by atoms with Gasteiger partial charge in [-0.05, 0) is 40.8 Å². The fraction of sp³-hybridized carbons (Fsp3) is 0.125. The maximum absolute atomic E-state index is 12.1. The lowest BCUT2D eigenvalue weighted by molar-refractivity contribution is -0.274. The van der Waals surface area contributed by atoms with Crippen molar-refractivity contribution in [2.45, 2.75) is 12.4 Å². The van der Waals surface area contributed by atoms with Crippen molar-refractivity contribution in [1.29, 1.82) is 0 Å². The van der Waals surface area contributed by atoms with Crippen molar-refractivity contribution < 1.29 is 17.9 Å². The maximum Gasteiger partial charge on any atom is 0.573 e. The zero-order chi connectivity index (χ0) is 15.7. The first-order chi connectivity index (χ1) is 10.4. The minimum Gasteiger partial charge on any atom is -0.406 e. The highest BCUT2D eigenvalue weighted by Crippen LogP contribution is 2.27. The predicted molar refractivity (Wildman–Crippen MR) is 77.5 cm³/mol. The summed E-state index contributed by atoms with van der Waals surface area (Å²) in [6, 6.07) is 12.9. The Morgan fingerprint density at radius 1 is 0.955 bits per heavy atom. The Balaban J connectivity index is 1.83. The number of aromatic amines is 1. The van der Waals surface area contributed by atoms with E-state index in [0.717, 1.165) is 16.5 Å². The molecule has 3 nitrogen and oxygen atoms in total. The molecule has 1 heterocycles. The number of fused-ring (bicyclic) bond motifs is 1. The van der Waals surface area contributed by atoms with Crippen LogP contribution in [0.15, 0.2) is 54.7 Å². The third-order valence-electron chi connectivity index (χ3n) is 3.41. The third-order valence-corrected chi connectivity index (χ3v) is 3.41. The molecular weight excluding hydrogens is 293 g/mol. The van der Waals surface area contributed by atoms with Gasteiger partial charge in [0.1, 0.15) is 5.75 Å². The van der Waals surface area contributed by atoms with Crippen molar-refractivity contribution in [2.75, 3.05) is 0 Å². The summed E-state index contributed by atoms with van der Waals surface area (Å²) in [6.07, 6.45) is -2.86. The standard InChI is InChI=1S/C16H13F3N2O/c17-16(18,19)22-13-5-3-11(4-6-13)15(20)12-2-1-10-7-8-21-14(10)9-12/h1-9,15,21H,20H2/t15-/m0/s1. The van der Waals surface area contributed by atoms with Crippen LogP contribution in [0.1, 0.15) is 17.2 Å². The van der Waals surface area contributed by atoms with Gasteiger partial charge in [-0.3, -0.25) is 0 Å². The number of nitrogens with one attached hydrogen (secondary N) is 1. The smallest absolute Gasteiger partial charge is 0.406 e. The zero-order valence-electron chi connectivity index (χ0n) is 11.4. The minimum absolute atomic E-state index is 0.261. The summed E-state index contributed by atoms with van der Waals surface area (Å²) in [4.78, 5) is 3.10. The van der Waals surface area contributed by atoms with Crippen LogP contribution in [0.2, 0.25) is 0 Å². The second kappa shape index (κ2) is 5.38. The molecule has 0 radical (unpaired) electrons. The van der Waals surface area contributed by atoms with Crippen LogP contribution in [-0.2, 0) is 0 Å². The molecular formula is C16H13F3N2O. The van der Waals surface area contributed by atoms with E-state index in [2.05, 4.69) is 9.72 Å². The van der Waals surface area contributed by atoms with Gasteiger partial charge >= 0.3 is 6.36 Å². The lowest BCUT2D eigenvalue weighted by Gasteiger charge is -2.14. The molecule has 1 aromatic heterocycles. The first kappa shape index (κ1) is 14.5. The number of rotatable bonds is 3. The first-order valence-corrected chi connectivity index (χ1v) is 6.61. The van der Waals surface area contributed by atoms with Gasteiger partial charge in [-0.2, -0.15) is 0 Å². The number of alkyl halides is 3. The van der Waals surface area contributed by atoms with Gasteiger partial charge in [0.2, 0.25) is 0 Å². The Kier molecular flexibility index (Phi) is 3.54. The lowest BCUT2D eigenvalue weighted by atomic mass is 9.99. The van der Waals surface area contributed by atoms with Crippen molar-refractivity contribution in [3.05, 3.63) is 65.9 Å². The molecule has 3 rings (SSSR count). The summed E-state index contributed by atoms with van der Waals surface area (Å²) in [6.45, 7) is 0. The van der Waals surface area contributed by atoms with Crippen LogP contribution in [0.25, 0.3) is 10.9 Å². The van der Waals surface area contributed by atoms with Crippen molar-refractivity contribution in [3.8, 4) is 5.75 Å². The van der Waals surface area contributed by atoms with Crippen molar-refractivity contribution in [2.24, 2.45) is 5.73 Å². The van der Waals surface area contributed by atoms with E-state index >= 15 is 0 Å². The topological polar surface area (TPSA) is 51.0 Å². The Morgan fingerprint density at radius 2 is 1.64 bits per heavy atom. The molecule has 0 saturated carbocycles. The van der Waals surface area contributed by atoms with E-state index in [9.17, 15) is 13.2 Å². The van der Waals surface area contributed by atoms with Crippen molar-refractivity contribution in [3.63, 3.8) is 0 Å². The van der Waals surface area contributed by atoms with Crippen LogP contribution in [0.4, 0.5) is 13.2 Å². The largest absolute Gasteiger partial charge is 0.573 e. The first-order valence-electron chi connectivity index (χ1n) is 6.61. The predicted octanol–water partition coefficient (Wildman–Crippen LogP) is 4.11.